The number of Topliss-reactive ketones (excluding diaryl/α,β-unsaturated/α-hetero) is 2. The minimum absolute atomic E-state index is 0.0180. The third kappa shape index (κ3) is 7.82. The van der Waals surface area contributed by atoms with Crippen molar-refractivity contribution in [1.29, 1.82) is 0 Å². The molecule has 23 heavy (non-hydrogen) atoms. The molecule has 0 aliphatic heterocycles. The molecule has 0 heterocycles. The number of benzene rings is 1. The molecule has 0 unspecified atom stereocenters. The SMILES string of the molecule is CCCCCCCC(=O)CC(=O)CCc1ccc(O)c(OC)c1. The number of hydrogen-bond acceptors (Lipinski definition) is 4. The Bertz CT molecular complexity index is 508. The molecule has 1 aromatic rings. The molecule has 0 aromatic heterocycles. The molecule has 0 bridgehead atoms. The van der Waals surface area contributed by atoms with Gasteiger partial charge in [0.1, 0.15) is 11.6 Å². The van der Waals surface area contributed by atoms with Crippen LogP contribution < -0.4 is 4.74 Å². The quantitative estimate of drug-likeness (QED) is 0.462. The first kappa shape index (κ1) is 19.2. The lowest BCUT2D eigenvalue weighted by Crippen LogP contribution is -2.08. The highest BCUT2D eigenvalue weighted by atomic mass is 16.5. The smallest absolute Gasteiger partial charge is 0.160 e. The molecule has 0 saturated carbocycles. The van der Waals surface area contributed by atoms with E-state index in [1.165, 1.54) is 26.4 Å². The van der Waals surface area contributed by atoms with Gasteiger partial charge < -0.3 is 9.84 Å². The Morgan fingerprint density at radius 2 is 1.74 bits per heavy atom. The zero-order chi connectivity index (χ0) is 17.1. The predicted molar refractivity (Wildman–Crippen MR) is 91.0 cm³/mol. The average molecular weight is 320 g/mol. The standard InChI is InChI=1S/C19H28O4/c1-3-4-5-6-7-8-16(20)14-17(21)11-9-15-10-12-18(22)19(13-15)23-2/h10,12-13,22H,3-9,11,14H2,1-2H3. The van der Waals surface area contributed by atoms with Crippen molar-refractivity contribution in [3.63, 3.8) is 0 Å². The fraction of sp³-hybridized carbons (Fsp3) is 0.579. The summed E-state index contributed by atoms with van der Waals surface area (Å²) in [4.78, 5) is 23.7. The van der Waals surface area contributed by atoms with E-state index in [9.17, 15) is 14.7 Å². The van der Waals surface area contributed by atoms with Gasteiger partial charge in [0.05, 0.1) is 13.5 Å². The van der Waals surface area contributed by atoms with Gasteiger partial charge in [-0.25, -0.2) is 0 Å². The molecule has 0 radical (unpaired) electrons. The number of rotatable bonds is 12. The van der Waals surface area contributed by atoms with Crippen LogP contribution in [0.4, 0.5) is 0 Å². The number of aryl methyl sites for hydroxylation is 1. The molecule has 0 saturated heterocycles. The highest BCUT2D eigenvalue weighted by Gasteiger charge is 2.10. The van der Waals surface area contributed by atoms with Crippen molar-refractivity contribution in [1.82, 2.24) is 0 Å². The summed E-state index contributed by atoms with van der Waals surface area (Å²) in [5.41, 5.74) is 0.917. The van der Waals surface area contributed by atoms with E-state index < -0.39 is 0 Å². The topological polar surface area (TPSA) is 63.6 Å². The van der Waals surface area contributed by atoms with Gasteiger partial charge in [-0.15, -0.1) is 0 Å². The molecule has 128 valence electrons. The Balaban J connectivity index is 2.27. The monoisotopic (exact) mass is 320 g/mol. The van der Waals surface area contributed by atoms with Gasteiger partial charge in [-0.2, -0.15) is 0 Å². The number of ether oxygens (including phenoxy) is 1. The first-order valence-corrected chi connectivity index (χ1v) is 8.46. The van der Waals surface area contributed by atoms with Gasteiger partial charge >= 0.3 is 0 Å². The summed E-state index contributed by atoms with van der Waals surface area (Å²) in [7, 11) is 1.49. The highest BCUT2D eigenvalue weighted by Crippen LogP contribution is 2.26. The van der Waals surface area contributed by atoms with Crippen molar-refractivity contribution < 1.29 is 19.4 Å². The first-order chi connectivity index (χ1) is 11.1. The van der Waals surface area contributed by atoms with Crippen LogP contribution in [0.25, 0.3) is 0 Å². The maximum atomic E-state index is 11.9. The highest BCUT2D eigenvalue weighted by molar-refractivity contribution is 5.99. The molecular weight excluding hydrogens is 292 g/mol. The van der Waals surface area contributed by atoms with Gasteiger partial charge in [0.15, 0.2) is 11.5 Å². The van der Waals surface area contributed by atoms with Gasteiger partial charge in [0, 0.05) is 12.8 Å². The first-order valence-electron chi connectivity index (χ1n) is 8.46. The van der Waals surface area contributed by atoms with Crippen molar-refractivity contribution in [2.75, 3.05) is 7.11 Å². The number of ketones is 2. The molecule has 1 N–H and O–H groups in total. The second kappa shape index (κ2) is 10.8. The number of unbranched alkanes of at least 4 members (excludes halogenated alkanes) is 4. The second-order valence-corrected chi connectivity index (χ2v) is 5.92. The zero-order valence-electron chi connectivity index (χ0n) is 14.3. The van der Waals surface area contributed by atoms with Crippen molar-refractivity contribution >= 4 is 11.6 Å². The molecule has 4 heteroatoms. The third-order valence-corrected chi connectivity index (χ3v) is 3.89. The van der Waals surface area contributed by atoms with Crippen LogP contribution in [-0.4, -0.2) is 23.8 Å². The molecule has 0 fully saturated rings. The molecule has 1 rings (SSSR count). The lowest BCUT2D eigenvalue weighted by Gasteiger charge is -2.06. The van der Waals surface area contributed by atoms with Crippen molar-refractivity contribution in [2.24, 2.45) is 0 Å². The van der Waals surface area contributed by atoms with Gasteiger partial charge in [-0.3, -0.25) is 9.59 Å². The molecule has 0 atom stereocenters. The van der Waals surface area contributed by atoms with E-state index in [2.05, 4.69) is 6.92 Å². The van der Waals surface area contributed by atoms with Crippen LogP contribution in [0.3, 0.4) is 0 Å². The van der Waals surface area contributed by atoms with Crippen molar-refractivity contribution in [2.45, 2.75) is 64.7 Å². The number of carbonyl (C=O) groups excluding carboxylic acids is 2. The Morgan fingerprint density at radius 1 is 1.04 bits per heavy atom. The van der Waals surface area contributed by atoms with E-state index in [1.54, 1.807) is 18.2 Å². The van der Waals surface area contributed by atoms with Crippen LogP contribution in [0.2, 0.25) is 0 Å². The van der Waals surface area contributed by atoms with Gasteiger partial charge in [0.2, 0.25) is 0 Å². The van der Waals surface area contributed by atoms with E-state index >= 15 is 0 Å². The number of phenolic OH excluding ortho intramolecular Hbond substituents is 1. The van der Waals surface area contributed by atoms with E-state index in [1.807, 2.05) is 0 Å². The van der Waals surface area contributed by atoms with Crippen molar-refractivity contribution in [3.8, 4) is 11.5 Å². The lowest BCUT2D eigenvalue weighted by molar-refractivity contribution is -0.127. The van der Waals surface area contributed by atoms with Crippen LogP contribution in [0.1, 0.15) is 63.9 Å². The minimum Gasteiger partial charge on any atom is -0.504 e. The van der Waals surface area contributed by atoms with E-state index in [0.717, 1.165) is 18.4 Å². The summed E-state index contributed by atoms with van der Waals surface area (Å²) >= 11 is 0. The van der Waals surface area contributed by atoms with Crippen LogP contribution in [0, 0.1) is 0 Å². The molecule has 0 aliphatic carbocycles. The van der Waals surface area contributed by atoms with E-state index in [-0.39, 0.29) is 23.7 Å². The molecule has 1 aromatic carbocycles. The van der Waals surface area contributed by atoms with Crippen molar-refractivity contribution in [3.05, 3.63) is 23.8 Å². The van der Waals surface area contributed by atoms with Crippen LogP contribution >= 0.6 is 0 Å². The fourth-order valence-electron chi connectivity index (χ4n) is 2.48. The molecular formula is C19H28O4. The Labute approximate surface area is 138 Å². The number of methoxy groups -OCH3 is 1. The second-order valence-electron chi connectivity index (χ2n) is 5.92. The lowest BCUT2D eigenvalue weighted by atomic mass is 10.0. The summed E-state index contributed by atoms with van der Waals surface area (Å²) in [6, 6.07) is 5.04. The Hall–Kier alpha value is -1.84. The zero-order valence-corrected chi connectivity index (χ0v) is 14.3. The Morgan fingerprint density at radius 3 is 2.43 bits per heavy atom. The molecule has 0 aliphatic rings. The van der Waals surface area contributed by atoms with Crippen LogP contribution in [-0.2, 0) is 16.0 Å². The maximum absolute atomic E-state index is 11.9. The normalized spacial score (nSPS) is 10.5. The number of carbonyl (C=O) groups is 2. The Kier molecular flexibility index (Phi) is 9.03. The number of aromatic hydroxyl groups is 1. The van der Waals surface area contributed by atoms with E-state index in [4.69, 9.17) is 4.74 Å². The van der Waals surface area contributed by atoms with E-state index in [0.29, 0.717) is 25.0 Å². The van der Waals surface area contributed by atoms with Crippen LogP contribution in [0.15, 0.2) is 18.2 Å². The minimum atomic E-state index is -0.0180. The fourth-order valence-corrected chi connectivity index (χ4v) is 2.48. The number of hydrogen-bond donors (Lipinski definition) is 1. The summed E-state index contributed by atoms with van der Waals surface area (Å²) in [5, 5.41) is 9.53. The largest absolute Gasteiger partial charge is 0.504 e. The maximum Gasteiger partial charge on any atom is 0.160 e. The summed E-state index contributed by atoms with van der Waals surface area (Å²) in [6.45, 7) is 2.16. The van der Waals surface area contributed by atoms with Gasteiger partial charge in [-0.1, -0.05) is 38.7 Å². The average Bonchev–Trinajstić information content (AvgIpc) is 2.54. The predicted octanol–water partition coefficient (Wildman–Crippen LogP) is 4.22. The number of phenols is 1. The molecule has 4 nitrogen and oxygen atoms in total. The van der Waals surface area contributed by atoms with Gasteiger partial charge in [0.25, 0.3) is 0 Å². The summed E-state index contributed by atoms with van der Waals surface area (Å²) in [5.74, 6) is 0.518. The summed E-state index contributed by atoms with van der Waals surface area (Å²) in [6.07, 6.45) is 6.99. The van der Waals surface area contributed by atoms with Crippen LogP contribution in [0.5, 0.6) is 11.5 Å². The molecule has 0 amide bonds. The molecule has 0 spiro atoms. The van der Waals surface area contributed by atoms with Gasteiger partial charge in [-0.05, 0) is 30.5 Å². The summed E-state index contributed by atoms with van der Waals surface area (Å²) < 4.78 is 5.04. The third-order valence-electron chi connectivity index (χ3n) is 3.89.